The summed E-state index contributed by atoms with van der Waals surface area (Å²) < 4.78 is 5.69. The van der Waals surface area contributed by atoms with E-state index < -0.39 is 5.54 Å². The fraction of sp³-hybridized carbons (Fsp3) is 0.444. The third-order valence-corrected chi connectivity index (χ3v) is 6.85. The molecule has 3 unspecified atom stereocenters. The van der Waals surface area contributed by atoms with Crippen LogP contribution in [0.1, 0.15) is 49.7 Å². The molecule has 0 spiro atoms. The number of nitrogens with one attached hydrogen (secondary N) is 1. The van der Waals surface area contributed by atoms with E-state index in [1.54, 1.807) is 0 Å². The van der Waals surface area contributed by atoms with Gasteiger partial charge >= 0.3 is 0 Å². The summed E-state index contributed by atoms with van der Waals surface area (Å²) in [4.78, 5) is 37.2. The number of hydrogen-bond acceptors (Lipinski definition) is 5. The van der Waals surface area contributed by atoms with Crippen molar-refractivity contribution in [3.8, 4) is 0 Å². The second kappa shape index (κ2) is 12.4. The van der Waals surface area contributed by atoms with Gasteiger partial charge in [0.15, 0.2) is 5.78 Å². The Morgan fingerprint density at radius 2 is 1.79 bits per heavy atom. The molecule has 2 fully saturated rings. The van der Waals surface area contributed by atoms with E-state index in [-0.39, 0.29) is 36.7 Å². The Hall–Kier alpha value is -3.03. The van der Waals surface area contributed by atoms with Crippen LogP contribution < -0.4 is 11.1 Å². The highest BCUT2D eigenvalue weighted by Crippen LogP contribution is 2.38. The van der Waals surface area contributed by atoms with Gasteiger partial charge in [-0.3, -0.25) is 14.4 Å². The smallest absolute Gasteiger partial charge is 0.244 e. The molecule has 0 bridgehead atoms. The molecule has 7 nitrogen and oxygen atoms in total. The van der Waals surface area contributed by atoms with Crippen molar-refractivity contribution in [2.45, 2.75) is 56.7 Å². The Morgan fingerprint density at radius 1 is 1.15 bits per heavy atom. The third-order valence-electron chi connectivity index (χ3n) is 6.85. The topological polar surface area (TPSA) is 102 Å². The molecule has 0 radical (unpaired) electrons. The Labute approximate surface area is 201 Å². The van der Waals surface area contributed by atoms with Crippen molar-refractivity contribution in [2.75, 3.05) is 19.7 Å². The summed E-state index contributed by atoms with van der Waals surface area (Å²) in [6, 6.07) is 19.7. The minimum Gasteiger partial charge on any atom is -0.372 e. The lowest BCUT2D eigenvalue weighted by atomic mass is 9.78. The number of carbonyl (C=O) groups excluding carboxylic acids is 3. The molecule has 3 atom stereocenters. The minimum atomic E-state index is -0.644. The maximum Gasteiger partial charge on any atom is 0.244 e. The molecule has 0 saturated carbocycles. The lowest BCUT2D eigenvalue weighted by Crippen LogP contribution is -2.59. The average Bonchev–Trinajstić information content (AvgIpc) is 3.56. The molecule has 0 aromatic heterocycles. The fourth-order valence-corrected chi connectivity index (χ4v) is 5.07. The number of amides is 2. The van der Waals surface area contributed by atoms with Gasteiger partial charge in [0.05, 0.1) is 12.6 Å². The van der Waals surface area contributed by atoms with Gasteiger partial charge in [-0.15, -0.1) is 0 Å². The van der Waals surface area contributed by atoms with Crippen LogP contribution in [0.4, 0.5) is 0 Å². The minimum absolute atomic E-state index is 0.00212. The van der Waals surface area contributed by atoms with Crippen LogP contribution in [0.2, 0.25) is 0 Å². The number of likely N-dealkylation sites (tertiary alicyclic amines) is 1. The van der Waals surface area contributed by atoms with Crippen LogP contribution in [-0.2, 0) is 25.7 Å². The van der Waals surface area contributed by atoms with E-state index in [4.69, 9.17) is 9.53 Å². The van der Waals surface area contributed by atoms with E-state index in [2.05, 4.69) is 30.1 Å². The van der Waals surface area contributed by atoms with Crippen LogP contribution in [-0.4, -0.2) is 54.3 Å². The average molecular weight is 466 g/mol. The molecule has 2 aliphatic heterocycles. The van der Waals surface area contributed by atoms with Gasteiger partial charge in [-0.25, -0.2) is 0 Å². The van der Waals surface area contributed by atoms with Crippen molar-refractivity contribution in [3.05, 3.63) is 71.8 Å². The number of nitrogens with zero attached hydrogens (tertiary/aromatic N) is 1. The van der Waals surface area contributed by atoms with Crippen LogP contribution in [0, 0.1) is 0 Å². The van der Waals surface area contributed by atoms with Gasteiger partial charge in [0.1, 0.15) is 12.1 Å². The van der Waals surface area contributed by atoms with E-state index in [1.807, 2.05) is 53.4 Å². The first-order valence-electron chi connectivity index (χ1n) is 11.9. The summed E-state index contributed by atoms with van der Waals surface area (Å²) in [5, 5.41) is 3.54. The van der Waals surface area contributed by atoms with Crippen molar-refractivity contribution >= 4 is 18.1 Å². The summed E-state index contributed by atoms with van der Waals surface area (Å²) in [6.07, 6.45) is 3.59. The van der Waals surface area contributed by atoms with Crippen LogP contribution in [0.15, 0.2) is 60.7 Å². The molecule has 182 valence electrons. The lowest BCUT2D eigenvalue weighted by molar-refractivity contribution is -0.144. The molecule has 7 heteroatoms. The molecular weight excluding hydrogens is 430 g/mol. The van der Waals surface area contributed by atoms with Gasteiger partial charge in [0, 0.05) is 12.5 Å². The first kappa shape index (κ1) is 25.6. The molecule has 3 N–H and O–H groups in total. The van der Waals surface area contributed by atoms with E-state index >= 15 is 0 Å². The van der Waals surface area contributed by atoms with Crippen molar-refractivity contribution in [1.29, 1.82) is 0 Å². The summed E-state index contributed by atoms with van der Waals surface area (Å²) in [5.74, 6) is 0.108. The number of hydrogen-bond donors (Lipinski definition) is 2. The molecule has 2 heterocycles. The van der Waals surface area contributed by atoms with Crippen molar-refractivity contribution < 1.29 is 19.1 Å². The standard InChI is InChI=1S/C26H32N2O3.CH3NO/c1-20(22-12-6-3-7-13-22)26(15-9-16-27-26)25(30)28-17-8-14-23(28)24(29)19-31-18-21-10-4-2-5-11-21;2-1-3/h2-7,10-13,20,23,27H,8-9,14-19H2,1H3;1H,(H2,2,3). The van der Waals surface area contributed by atoms with Gasteiger partial charge in [-0.1, -0.05) is 67.6 Å². The Bertz CT molecular complexity index is 929. The van der Waals surface area contributed by atoms with Crippen molar-refractivity contribution in [1.82, 2.24) is 10.2 Å². The number of rotatable bonds is 8. The zero-order valence-corrected chi connectivity index (χ0v) is 19.8. The summed E-state index contributed by atoms with van der Waals surface area (Å²) in [5.41, 5.74) is 5.72. The maximum absolute atomic E-state index is 13.9. The molecule has 2 amide bonds. The molecule has 4 rings (SSSR count). The van der Waals surface area contributed by atoms with Gasteiger partial charge in [0.2, 0.25) is 12.3 Å². The van der Waals surface area contributed by atoms with Gasteiger partial charge < -0.3 is 20.7 Å². The first-order chi connectivity index (χ1) is 16.5. The first-order valence-corrected chi connectivity index (χ1v) is 11.9. The second-order valence-electron chi connectivity index (χ2n) is 8.87. The van der Waals surface area contributed by atoms with E-state index in [0.717, 1.165) is 43.4 Å². The van der Waals surface area contributed by atoms with E-state index in [1.165, 1.54) is 0 Å². The summed E-state index contributed by atoms with van der Waals surface area (Å²) >= 11 is 0. The lowest BCUT2D eigenvalue weighted by Gasteiger charge is -2.39. The van der Waals surface area contributed by atoms with Crippen molar-refractivity contribution in [2.24, 2.45) is 5.73 Å². The second-order valence-corrected chi connectivity index (χ2v) is 8.87. The zero-order chi connectivity index (χ0) is 24.4. The van der Waals surface area contributed by atoms with Gasteiger partial charge in [0.25, 0.3) is 0 Å². The fourth-order valence-electron chi connectivity index (χ4n) is 5.07. The summed E-state index contributed by atoms with van der Waals surface area (Å²) in [7, 11) is 0. The van der Waals surface area contributed by atoms with Crippen LogP contribution in [0.25, 0.3) is 0 Å². The Kier molecular flexibility index (Phi) is 9.36. The molecular formula is C27H35N3O4. The highest BCUT2D eigenvalue weighted by atomic mass is 16.5. The molecule has 2 aromatic rings. The normalized spacial score (nSPS) is 22.5. The predicted octanol–water partition coefficient (Wildman–Crippen LogP) is 2.79. The van der Waals surface area contributed by atoms with Crippen molar-refractivity contribution in [3.63, 3.8) is 0 Å². The van der Waals surface area contributed by atoms with Crippen LogP contribution in [0.3, 0.4) is 0 Å². The molecule has 34 heavy (non-hydrogen) atoms. The van der Waals surface area contributed by atoms with E-state index in [9.17, 15) is 9.59 Å². The number of ketones is 1. The molecule has 2 aromatic carbocycles. The Morgan fingerprint density at radius 3 is 2.41 bits per heavy atom. The highest BCUT2D eigenvalue weighted by Gasteiger charge is 2.50. The number of Topliss-reactive ketones (excluding diaryl/α,β-unsaturated/α-hetero) is 1. The van der Waals surface area contributed by atoms with Crippen LogP contribution >= 0.6 is 0 Å². The number of nitrogens with two attached hydrogens (primary N) is 1. The Balaban J connectivity index is 0.00000103. The summed E-state index contributed by atoms with van der Waals surface area (Å²) in [6.45, 7) is 4.04. The van der Waals surface area contributed by atoms with E-state index in [0.29, 0.717) is 13.2 Å². The molecule has 2 saturated heterocycles. The van der Waals surface area contributed by atoms with Crippen LogP contribution in [0.5, 0.6) is 0 Å². The van der Waals surface area contributed by atoms with Gasteiger partial charge in [-0.2, -0.15) is 0 Å². The monoisotopic (exact) mass is 465 g/mol. The SMILES string of the molecule is CC(c1ccccc1)C1(C(=O)N2CCCC2C(=O)COCc2ccccc2)CCCN1.NC=O. The third kappa shape index (κ3) is 5.90. The molecule has 2 aliphatic rings. The number of primary amides is 1. The maximum atomic E-state index is 13.9. The predicted molar refractivity (Wildman–Crippen MR) is 131 cm³/mol. The largest absolute Gasteiger partial charge is 0.372 e. The zero-order valence-electron chi connectivity index (χ0n) is 19.8. The number of benzene rings is 2. The number of carbonyl (C=O) groups is 3. The van der Waals surface area contributed by atoms with Gasteiger partial charge in [-0.05, 0) is 43.4 Å². The highest BCUT2D eigenvalue weighted by molar-refractivity contribution is 5.94. The molecule has 0 aliphatic carbocycles. The number of ether oxygens (including phenoxy) is 1. The quantitative estimate of drug-likeness (QED) is 0.584.